The number of hydrogen-bond acceptors (Lipinski definition) is 3. The third kappa shape index (κ3) is 2.88. The molecule has 2 aromatic carbocycles. The fourth-order valence-electron chi connectivity index (χ4n) is 2.63. The number of carboxylic acid groups (broad SMARTS) is 1. The highest BCUT2D eigenvalue weighted by atomic mass is 16.4. The number of carbonyl (C=O) groups is 1. The van der Waals surface area contributed by atoms with Gasteiger partial charge in [0.25, 0.3) is 0 Å². The lowest BCUT2D eigenvalue weighted by Gasteiger charge is -2.10. The van der Waals surface area contributed by atoms with Crippen molar-refractivity contribution in [3.05, 3.63) is 77.5 Å². The first-order valence-corrected chi connectivity index (χ1v) is 7.40. The van der Waals surface area contributed by atoms with E-state index in [-0.39, 0.29) is 5.56 Å². The molecule has 0 unspecified atom stereocenters. The summed E-state index contributed by atoms with van der Waals surface area (Å²) in [7, 11) is 0. The topological polar surface area (TPSA) is 74.0 Å². The molecule has 0 radical (unpaired) electrons. The number of aromatic nitrogens is 1. The van der Waals surface area contributed by atoms with E-state index in [1.165, 1.54) is 18.3 Å². The van der Waals surface area contributed by atoms with Crippen molar-refractivity contribution in [2.45, 2.75) is 6.92 Å². The van der Waals surface area contributed by atoms with Crippen molar-refractivity contribution in [3.8, 4) is 28.5 Å². The van der Waals surface area contributed by atoms with Gasteiger partial charge in [-0.15, -0.1) is 0 Å². The number of pyridine rings is 1. The minimum absolute atomic E-state index is 0.168. The quantitative estimate of drug-likeness (QED) is 0.782. The number of aryl methyl sites for hydroxylation is 1. The zero-order valence-corrected chi connectivity index (χ0v) is 13.0. The third-order valence-electron chi connectivity index (χ3n) is 3.88. The molecule has 0 spiro atoms. The predicted octanol–water partition coefficient (Wildman–Crippen LogP) is 4.29. The Hall–Kier alpha value is -3.45. The Balaban J connectivity index is 2.11. The lowest BCUT2D eigenvalue weighted by Crippen LogP contribution is -1.97. The summed E-state index contributed by atoms with van der Waals surface area (Å²) in [6.45, 7) is 2.00. The molecule has 0 atom stereocenters. The Bertz CT molecular complexity index is 971. The highest BCUT2D eigenvalue weighted by Crippen LogP contribution is 2.30. The van der Waals surface area contributed by atoms with E-state index in [4.69, 9.17) is 5.11 Å². The number of nitrogens with zero attached hydrogens (tertiary/aromatic N) is 2. The van der Waals surface area contributed by atoms with Gasteiger partial charge in [-0.3, -0.25) is 4.98 Å². The van der Waals surface area contributed by atoms with Gasteiger partial charge in [-0.2, -0.15) is 5.26 Å². The summed E-state index contributed by atoms with van der Waals surface area (Å²) < 4.78 is 0. The summed E-state index contributed by atoms with van der Waals surface area (Å²) in [5.41, 5.74) is 4.90. The lowest BCUT2D eigenvalue weighted by molar-refractivity contribution is 0.0697. The van der Waals surface area contributed by atoms with E-state index in [9.17, 15) is 10.1 Å². The molecule has 0 aliphatic heterocycles. The second kappa shape index (κ2) is 6.35. The summed E-state index contributed by atoms with van der Waals surface area (Å²) in [6.07, 6.45) is 1.46. The average Bonchev–Trinajstić information content (AvgIpc) is 2.62. The van der Waals surface area contributed by atoms with E-state index < -0.39 is 5.97 Å². The normalized spacial score (nSPS) is 10.2. The Morgan fingerprint density at radius 3 is 2.58 bits per heavy atom. The smallest absolute Gasteiger partial charge is 0.335 e. The Morgan fingerprint density at radius 2 is 1.88 bits per heavy atom. The van der Waals surface area contributed by atoms with Gasteiger partial charge in [-0.05, 0) is 41.8 Å². The van der Waals surface area contributed by atoms with Crippen LogP contribution in [0.3, 0.4) is 0 Å². The first kappa shape index (κ1) is 15.4. The van der Waals surface area contributed by atoms with Gasteiger partial charge in [0.15, 0.2) is 0 Å². The molecule has 0 amide bonds. The van der Waals surface area contributed by atoms with E-state index in [2.05, 4.69) is 11.1 Å². The van der Waals surface area contributed by atoms with E-state index in [0.29, 0.717) is 16.8 Å². The van der Waals surface area contributed by atoms with Gasteiger partial charge in [-0.1, -0.05) is 36.4 Å². The van der Waals surface area contributed by atoms with Crippen LogP contribution in [-0.4, -0.2) is 16.1 Å². The Kier molecular flexibility index (Phi) is 4.09. The molecule has 1 heterocycles. The summed E-state index contributed by atoms with van der Waals surface area (Å²) in [5, 5.41) is 18.6. The van der Waals surface area contributed by atoms with Gasteiger partial charge in [0.05, 0.1) is 22.9 Å². The zero-order valence-electron chi connectivity index (χ0n) is 13.0. The number of nitriles is 1. The molecule has 4 nitrogen and oxygen atoms in total. The second-order valence-corrected chi connectivity index (χ2v) is 5.42. The summed E-state index contributed by atoms with van der Waals surface area (Å²) >= 11 is 0. The van der Waals surface area contributed by atoms with Gasteiger partial charge < -0.3 is 5.11 Å². The second-order valence-electron chi connectivity index (χ2n) is 5.42. The van der Waals surface area contributed by atoms with Crippen molar-refractivity contribution < 1.29 is 9.90 Å². The van der Waals surface area contributed by atoms with Crippen LogP contribution in [0.5, 0.6) is 0 Å². The molecule has 3 aromatic rings. The monoisotopic (exact) mass is 314 g/mol. The molecule has 0 bridgehead atoms. The molecule has 0 saturated heterocycles. The van der Waals surface area contributed by atoms with Crippen molar-refractivity contribution in [1.82, 2.24) is 4.98 Å². The Labute approximate surface area is 139 Å². The van der Waals surface area contributed by atoms with Crippen LogP contribution < -0.4 is 0 Å². The van der Waals surface area contributed by atoms with Gasteiger partial charge in [0.2, 0.25) is 0 Å². The maximum Gasteiger partial charge on any atom is 0.335 e. The zero-order chi connectivity index (χ0) is 17.1. The van der Waals surface area contributed by atoms with Crippen molar-refractivity contribution in [2.75, 3.05) is 0 Å². The maximum atomic E-state index is 11.1. The number of rotatable bonds is 3. The highest BCUT2D eigenvalue weighted by Gasteiger charge is 2.11. The minimum Gasteiger partial charge on any atom is -0.478 e. The van der Waals surface area contributed by atoms with E-state index in [1.807, 2.05) is 43.3 Å². The first-order valence-electron chi connectivity index (χ1n) is 7.40. The molecule has 1 N–H and O–H groups in total. The third-order valence-corrected chi connectivity index (χ3v) is 3.88. The van der Waals surface area contributed by atoms with E-state index >= 15 is 0 Å². The molecule has 0 saturated carbocycles. The van der Waals surface area contributed by atoms with Crippen molar-refractivity contribution in [2.24, 2.45) is 0 Å². The highest BCUT2D eigenvalue weighted by molar-refractivity contribution is 5.89. The fraction of sp³-hybridized carbons (Fsp3) is 0.0500. The number of hydrogen-bond donors (Lipinski definition) is 1. The summed E-state index contributed by atoms with van der Waals surface area (Å²) in [6, 6.07) is 18.5. The standard InChI is InChI=1S/C20H14N2O2/c1-13-4-2-3-5-17(13)18-7-6-14(10-16(18)12-21)19-11-15(20(23)24)8-9-22-19/h2-11H,1H3,(H,23,24). The molecule has 1 aromatic heterocycles. The van der Waals surface area contributed by atoms with Crippen LogP contribution >= 0.6 is 0 Å². The van der Waals surface area contributed by atoms with Gasteiger partial charge in [-0.25, -0.2) is 4.79 Å². The molecule has 0 aliphatic carbocycles. The van der Waals surface area contributed by atoms with E-state index in [1.54, 1.807) is 6.07 Å². The molecule has 24 heavy (non-hydrogen) atoms. The number of carboxylic acids is 1. The molecule has 0 fully saturated rings. The lowest BCUT2D eigenvalue weighted by atomic mass is 9.94. The first-order chi connectivity index (χ1) is 11.6. The average molecular weight is 314 g/mol. The minimum atomic E-state index is -1.00. The summed E-state index contributed by atoms with van der Waals surface area (Å²) in [4.78, 5) is 15.3. The van der Waals surface area contributed by atoms with Gasteiger partial charge >= 0.3 is 5.97 Å². The van der Waals surface area contributed by atoms with Crippen LogP contribution in [-0.2, 0) is 0 Å². The van der Waals surface area contributed by atoms with Crippen LogP contribution in [0.4, 0.5) is 0 Å². The van der Waals surface area contributed by atoms with Gasteiger partial charge in [0, 0.05) is 11.8 Å². The maximum absolute atomic E-state index is 11.1. The number of aromatic carboxylic acids is 1. The predicted molar refractivity (Wildman–Crippen MR) is 91.5 cm³/mol. The van der Waals surface area contributed by atoms with Crippen molar-refractivity contribution in [3.63, 3.8) is 0 Å². The van der Waals surface area contributed by atoms with Crippen LogP contribution in [0, 0.1) is 18.3 Å². The molecular formula is C20H14N2O2. The van der Waals surface area contributed by atoms with Crippen LogP contribution in [0.2, 0.25) is 0 Å². The fourth-order valence-corrected chi connectivity index (χ4v) is 2.63. The molecular weight excluding hydrogens is 300 g/mol. The molecule has 3 rings (SSSR count). The molecule has 0 aliphatic rings. The Morgan fingerprint density at radius 1 is 1.08 bits per heavy atom. The molecule has 116 valence electrons. The summed E-state index contributed by atoms with van der Waals surface area (Å²) in [5.74, 6) is -1.00. The largest absolute Gasteiger partial charge is 0.478 e. The number of benzene rings is 2. The van der Waals surface area contributed by atoms with Crippen LogP contribution in [0.25, 0.3) is 22.4 Å². The van der Waals surface area contributed by atoms with Gasteiger partial charge in [0.1, 0.15) is 0 Å². The van der Waals surface area contributed by atoms with Crippen molar-refractivity contribution >= 4 is 5.97 Å². The van der Waals surface area contributed by atoms with Crippen LogP contribution in [0.1, 0.15) is 21.5 Å². The SMILES string of the molecule is Cc1ccccc1-c1ccc(-c2cc(C(=O)O)ccn2)cc1C#N. The van der Waals surface area contributed by atoms with E-state index in [0.717, 1.165) is 16.7 Å². The van der Waals surface area contributed by atoms with Crippen LogP contribution in [0.15, 0.2) is 60.8 Å². The molecule has 4 heteroatoms. The van der Waals surface area contributed by atoms with Crippen molar-refractivity contribution in [1.29, 1.82) is 5.26 Å².